The van der Waals surface area contributed by atoms with Gasteiger partial charge in [-0.05, 0) is 107 Å². The maximum absolute atomic E-state index is 13.0. The molecule has 1 fully saturated rings. The molecule has 2 aromatic rings. The molecule has 4 nitrogen and oxygen atoms in total. The molecule has 0 aromatic heterocycles. The van der Waals surface area contributed by atoms with Crippen LogP contribution in [-0.4, -0.2) is 52.1 Å². The van der Waals surface area contributed by atoms with Crippen molar-refractivity contribution >= 4 is 6.41 Å². The third-order valence-corrected chi connectivity index (χ3v) is 6.65. The first kappa shape index (κ1) is 32.6. The van der Waals surface area contributed by atoms with Crippen LogP contribution in [0.15, 0.2) is 48.5 Å². The number of nitrogens with one attached hydrogen (secondary N) is 2. The van der Waals surface area contributed by atoms with Crippen molar-refractivity contribution in [3.05, 3.63) is 71.0 Å². The number of benzene rings is 2. The molecule has 3 atom stereocenters. The van der Waals surface area contributed by atoms with Crippen LogP contribution >= 0.6 is 0 Å². The lowest BCUT2D eigenvalue weighted by molar-refractivity contribution is -0.137. The number of amides is 1. The molecule has 37 heavy (non-hydrogen) atoms. The third kappa shape index (κ3) is 12.6. The van der Waals surface area contributed by atoms with Crippen LogP contribution in [0.2, 0.25) is 0 Å². The van der Waals surface area contributed by atoms with E-state index in [9.17, 15) is 22.4 Å². The molecule has 0 radical (unpaired) electrons. The second-order valence-electron chi connectivity index (χ2n) is 9.75. The second kappa shape index (κ2) is 17.1. The van der Waals surface area contributed by atoms with Gasteiger partial charge in [-0.1, -0.05) is 37.6 Å². The van der Waals surface area contributed by atoms with Gasteiger partial charge in [0.25, 0.3) is 0 Å². The van der Waals surface area contributed by atoms with Crippen LogP contribution < -0.4 is 10.6 Å². The molecule has 3 unspecified atom stereocenters. The maximum Gasteiger partial charge on any atom is 0.416 e. The van der Waals surface area contributed by atoms with Crippen molar-refractivity contribution in [1.29, 1.82) is 0 Å². The monoisotopic (exact) mass is 525 g/mol. The minimum absolute atomic E-state index is 0.178. The topological polar surface area (TPSA) is 44.4 Å². The number of halogens is 4. The molecule has 3 rings (SSSR count). The number of hydrogen-bond donors (Lipinski definition) is 2. The van der Waals surface area contributed by atoms with Gasteiger partial charge in [0.15, 0.2) is 0 Å². The number of rotatable bonds is 8. The Morgan fingerprint density at radius 1 is 1.08 bits per heavy atom. The molecule has 0 saturated heterocycles. The van der Waals surface area contributed by atoms with Gasteiger partial charge in [0.1, 0.15) is 5.82 Å². The summed E-state index contributed by atoms with van der Waals surface area (Å²) in [6.07, 6.45) is 0.762. The average Bonchev–Trinajstić information content (AvgIpc) is 2.85. The zero-order valence-electron chi connectivity index (χ0n) is 22.7. The minimum Gasteiger partial charge on any atom is -0.357 e. The zero-order valence-corrected chi connectivity index (χ0v) is 22.7. The highest BCUT2D eigenvalue weighted by Gasteiger charge is 2.34. The minimum atomic E-state index is -4.26. The summed E-state index contributed by atoms with van der Waals surface area (Å²) in [5.74, 6) is 1.13. The Labute approximate surface area is 219 Å². The Hall–Kier alpha value is -2.45. The van der Waals surface area contributed by atoms with E-state index in [1.807, 2.05) is 33.0 Å². The summed E-state index contributed by atoms with van der Waals surface area (Å²) in [6, 6.07) is 12.2. The third-order valence-electron chi connectivity index (χ3n) is 6.65. The molecule has 0 spiro atoms. The molecule has 0 bridgehead atoms. The maximum atomic E-state index is 13.0. The normalized spacial score (nSPS) is 19.2. The fourth-order valence-corrected chi connectivity index (χ4v) is 4.64. The summed E-state index contributed by atoms with van der Waals surface area (Å²) in [5, 5.41) is 5.77. The molecular formula is C29H43F4N3O. The van der Waals surface area contributed by atoms with Gasteiger partial charge in [0, 0.05) is 13.1 Å². The molecule has 1 saturated carbocycles. The molecule has 1 amide bonds. The van der Waals surface area contributed by atoms with E-state index in [-0.39, 0.29) is 11.7 Å². The smallest absolute Gasteiger partial charge is 0.357 e. The van der Waals surface area contributed by atoms with Gasteiger partial charge >= 0.3 is 6.18 Å². The molecule has 1 aliphatic rings. The SMILES string of the molecule is CCC1CCC(CNC)CC1c1cc(C(F)(F)F)ccc1C.CN(C)CCNC=O.Fc1ccccc1. The van der Waals surface area contributed by atoms with E-state index in [2.05, 4.69) is 17.6 Å². The first-order valence-electron chi connectivity index (χ1n) is 12.9. The van der Waals surface area contributed by atoms with Crippen molar-refractivity contribution in [2.45, 2.75) is 51.6 Å². The van der Waals surface area contributed by atoms with Gasteiger partial charge < -0.3 is 15.5 Å². The van der Waals surface area contributed by atoms with Crippen LogP contribution in [0.5, 0.6) is 0 Å². The van der Waals surface area contributed by atoms with Gasteiger partial charge in [0.2, 0.25) is 6.41 Å². The van der Waals surface area contributed by atoms with Gasteiger partial charge in [-0.15, -0.1) is 0 Å². The van der Waals surface area contributed by atoms with E-state index < -0.39 is 11.7 Å². The number of carbonyl (C=O) groups excluding carboxylic acids is 1. The Morgan fingerprint density at radius 2 is 1.76 bits per heavy atom. The molecular weight excluding hydrogens is 482 g/mol. The van der Waals surface area contributed by atoms with Crippen molar-refractivity contribution in [2.24, 2.45) is 11.8 Å². The Morgan fingerprint density at radius 3 is 2.24 bits per heavy atom. The average molecular weight is 526 g/mol. The number of hydrogen-bond acceptors (Lipinski definition) is 3. The Kier molecular flexibility index (Phi) is 15.1. The number of aryl methyl sites for hydroxylation is 1. The highest BCUT2D eigenvalue weighted by atomic mass is 19.4. The predicted octanol–water partition coefficient (Wildman–Crippen LogP) is 6.26. The van der Waals surface area contributed by atoms with E-state index in [0.717, 1.165) is 50.0 Å². The zero-order chi connectivity index (χ0) is 27.8. The second-order valence-corrected chi connectivity index (χ2v) is 9.75. The lowest BCUT2D eigenvalue weighted by Gasteiger charge is -2.37. The first-order chi connectivity index (χ1) is 17.5. The quantitative estimate of drug-likeness (QED) is 0.243. The van der Waals surface area contributed by atoms with Crippen molar-refractivity contribution in [3.8, 4) is 0 Å². The van der Waals surface area contributed by atoms with E-state index in [4.69, 9.17) is 0 Å². The van der Waals surface area contributed by atoms with Gasteiger partial charge in [0.05, 0.1) is 5.56 Å². The molecule has 8 heteroatoms. The van der Waals surface area contributed by atoms with Gasteiger partial charge in [-0.2, -0.15) is 13.2 Å². The summed E-state index contributed by atoms with van der Waals surface area (Å²) in [5.41, 5.74) is 1.38. The first-order valence-corrected chi connectivity index (χ1v) is 12.9. The highest BCUT2D eigenvalue weighted by molar-refractivity contribution is 5.45. The largest absolute Gasteiger partial charge is 0.416 e. The molecule has 0 heterocycles. The number of alkyl halides is 3. The van der Waals surface area contributed by atoms with E-state index in [0.29, 0.717) is 18.2 Å². The van der Waals surface area contributed by atoms with Crippen LogP contribution in [0.1, 0.15) is 55.2 Å². The fraction of sp³-hybridized carbons (Fsp3) is 0.552. The summed E-state index contributed by atoms with van der Waals surface area (Å²) < 4.78 is 51.0. The number of carbonyl (C=O) groups is 1. The predicted molar refractivity (Wildman–Crippen MR) is 143 cm³/mol. The van der Waals surface area contributed by atoms with E-state index >= 15 is 0 Å². The Balaban J connectivity index is 0.000000371. The Bertz CT molecular complexity index is 890. The molecule has 1 aliphatic carbocycles. The summed E-state index contributed by atoms with van der Waals surface area (Å²) in [6.45, 7) is 6.67. The van der Waals surface area contributed by atoms with E-state index in [1.54, 1.807) is 24.3 Å². The summed E-state index contributed by atoms with van der Waals surface area (Å²) >= 11 is 0. The van der Waals surface area contributed by atoms with Gasteiger partial charge in [-0.3, -0.25) is 4.79 Å². The number of nitrogens with zero attached hydrogens (tertiary/aromatic N) is 1. The van der Waals surface area contributed by atoms with Crippen molar-refractivity contribution in [1.82, 2.24) is 15.5 Å². The standard InChI is InChI=1S/C18H26F3N.C6H5F.C5H12N2O/c1-4-14-7-6-13(11-22-3)9-17(14)16-10-15(18(19,20)21)8-5-12(16)2;7-6-4-2-1-3-5-6;1-7(2)4-3-6-5-8/h5,8,10,13-14,17,22H,4,6-7,9,11H2,1-3H3;1-5H;5H,3-4H2,1-2H3,(H,6,8). The lowest BCUT2D eigenvalue weighted by atomic mass is 9.69. The fourth-order valence-electron chi connectivity index (χ4n) is 4.64. The molecule has 2 N–H and O–H groups in total. The number of likely N-dealkylation sites (N-methyl/N-ethyl adjacent to an activating group) is 1. The van der Waals surface area contributed by atoms with E-state index in [1.165, 1.54) is 30.7 Å². The van der Waals surface area contributed by atoms with Crippen LogP contribution in [-0.2, 0) is 11.0 Å². The summed E-state index contributed by atoms with van der Waals surface area (Å²) in [7, 11) is 5.87. The van der Waals surface area contributed by atoms with Gasteiger partial charge in [-0.25, -0.2) is 4.39 Å². The van der Waals surface area contributed by atoms with Crippen LogP contribution in [0.3, 0.4) is 0 Å². The highest BCUT2D eigenvalue weighted by Crippen LogP contribution is 2.44. The lowest BCUT2D eigenvalue weighted by Crippen LogP contribution is -2.29. The molecule has 0 aliphatic heterocycles. The van der Waals surface area contributed by atoms with Crippen LogP contribution in [0.4, 0.5) is 17.6 Å². The van der Waals surface area contributed by atoms with Crippen LogP contribution in [0.25, 0.3) is 0 Å². The van der Waals surface area contributed by atoms with Crippen molar-refractivity contribution in [2.75, 3.05) is 40.8 Å². The van der Waals surface area contributed by atoms with Crippen LogP contribution in [0, 0.1) is 24.6 Å². The van der Waals surface area contributed by atoms with Crippen molar-refractivity contribution in [3.63, 3.8) is 0 Å². The molecule has 208 valence electrons. The summed E-state index contributed by atoms with van der Waals surface area (Å²) in [4.78, 5) is 11.7. The molecule has 2 aromatic carbocycles. The van der Waals surface area contributed by atoms with Crippen molar-refractivity contribution < 1.29 is 22.4 Å².